The van der Waals surface area contributed by atoms with Crippen LogP contribution in [-0.4, -0.2) is 27.4 Å². The van der Waals surface area contributed by atoms with Gasteiger partial charge < -0.3 is 4.90 Å². The van der Waals surface area contributed by atoms with Gasteiger partial charge >= 0.3 is 0 Å². The van der Waals surface area contributed by atoms with E-state index in [9.17, 15) is 17.6 Å². The van der Waals surface area contributed by atoms with Gasteiger partial charge in [0.05, 0.1) is 4.90 Å². The van der Waals surface area contributed by atoms with Gasteiger partial charge in [-0.1, -0.05) is 6.07 Å². The first-order chi connectivity index (χ1) is 11.7. The minimum absolute atomic E-state index is 0.0188. The number of nitrogens with zero attached hydrogens (tertiary/aromatic N) is 1. The number of carbonyl (C=O) groups excluding carboxylic acids is 1. The van der Waals surface area contributed by atoms with Gasteiger partial charge in [-0.3, -0.25) is 4.79 Å². The Labute approximate surface area is 147 Å². The SMILES string of the molecule is CC(=O)N(CCNS(=O)(=O)c1ccc(F)cc1)c1cc(C)cc(C)c1. The highest BCUT2D eigenvalue weighted by atomic mass is 32.2. The van der Waals surface area contributed by atoms with Crippen LogP contribution in [0, 0.1) is 19.7 Å². The van der Waals surface area contributed by atoms with Crippen LogP contribution >= 0.6 is 0 Å². The predicted octanol–water partition coefficient (Wildman–Crippen LogP) is 2.77. The zero-order valence-electron chi connectivity index (χ0n) is 14.4. The quantitative estimate of drug-likeness (QED) is 0.857. The Kier molecular flexibility index (Phi) is 5.92. The molecule has 134 valence electrons. The van der Waals surface area contributed by atoms with Gasteiger partial charge in [0.15, 0.2) is 0 Å². The molecule has 7 heteroatoms. The van der Waals surface area contributed by atoms with Crippen LogP contribution in [0.1, 0.15) is 18.1 Å². The fourth-order valence-corrected chi connectivity index (χ4v) is 3.58. The standard InChI is InChI=1S/C18H21FN2O3S/c1-13-10-14(2)12-17(11-13)21(15(3)22)9-8-20-25(23,24)18-6-4-16(19)5-7-18/h4-7,10-12,20H,8-9H2,1-3H3. The number of aryl methyl sites for hydroxylation is 2. The number of amides is 1. The van der Waals surface area contributed by atoms with Crippen molar-refractivity contribution in [1.29, 1.82) is 0 Å². The van der Waals surface area contributed by atoms with E-state index >= 15 is 0 Å². The van der Waals surface area contributed by atoms with E-state index < -0.39 is 15.8 Å². The molecule has 2 rings (SSSR count). The summed E-state index contributed by atoms with van der Waals surface area (Å²) < 4.78 is 39.8. The zero-order valence-corrected chi connectivity index (χ0v) is 15.2. The highest BCUT2D eigenvalue weighted by molar-refractivity contribution is 7.89. The summed E-state index contributed by atoms with van der Waals surface area (Å²) in [4.78, 5) is 13.4. The lowest BCUT2D eigenvalue weighted by atomic mass is 10.1. The van der Waals surface area contributed by atoms with E-state index in [0.717, 1.165) is 28.9 Å². The first kappa shape index (κ1) is 19.1. The molecule has 0 saturated carbocycles. The van der Waals surface area contributed by atoms with E-state index in [1.807, 2.05) is 32.0 Å². The fourth-order valence-electron chi connectivity index (χ4n) is 2.56. The second kappa shape index (κ2) is 7.76. The highest BCUT2D eigenvalue weighted by Crippen LogP contribution is 2.19. The number of nitrogens with one attached hydrogen (secondary N) is 1. The van der Waals surface area contributed by atoms with Crippen LogP contribution in [0.15, 0.2) is 47.4 Å². The van der Waals surface area contributed by atoms with Crippen molar-refractivity contribution in [3.05, 3.63) is 59.4 Å². The molecule has 0 spiro atoms. The van der Waals surface area contributed by atoms with Crippen LogP contribution in [0.3, 0.4) is 0 Å². The molecule has 0 aliphatic heterocycles. The molecule has 0 radical (unpaired) electrons. The Morgan fingerprint density at radius 3 is 2.16 bits per heavy atom. The summed E-state index contributed by atoms with van der Waals surface area (Å²) in [5, 5.41) is 0. The van der Waals surface area contributed by atoms with Crippen LogP contribution < -0.4 is 9.62 Å². The average Bonchev–Trinajstić information content (AvgIpc) is 2.50. The predicted molar refractivity (Wildman–Crippen MR) is 95.5 cm³/mol. The monoisotopic (exact) mass is 364 g/mol. The van der Waals surface area contributed by atoms with Gasteiger partial charge in [0.1, 0.15) is 5.82 Å². The third-order valence-electron chi connectivity index (χ3n) is 3.65. The molecule has 0 bridgehead atoms. The molecule has 1 N–H and O–H groups in total. The number of halogens is 1. The van der Waals surface area contributed by atoms with E-state index in [2.05, 4.69) is 4.72 Å². The van der Waals surface area contributed by atoms with E-state index in [0.29, 0.717) is 0 Å². The van der Waals surface area contributed by atoms with E-state index in [1.165, 1.54) is 24.0 Å². The minimum atomic E-state index is -3.75. The smallest absolute Gasteiger partial charge is 0.240 e. The molecule has 2 aromatic rings. The molecule has 0 aliphatic carbocycles. The normalized spacial score (nSPS) is 11.4. The maximum atomic E-state index is 12.9. The van der Waals surface area contributed by atoms with Crippen molar-refractivity contribution >= 4 is 21.6 Å². The maximum Gasteiger partial charge on any atom is 0.240 e. The van der Waals surface area contributed by atoms with Crippen molar-refractivity contribution in [3.63, 3.8) is 0 Å². The third kappa shape index (κ3) is 5.11. The Hall–Kier alpha value is -2.25. The number of rotatable bonds is 6. The van der Waals surface area contributed by atoms with E-state index in [4.69, 9.17) is 0 Å². The van der Waals surface area contributed by atoms with Gasteiger partial charge in [-0.25, -0.2) is 17.5 Å². The fraction of sp³-hybridized carbons (Fsp3) is 0.278. The lowest BCUT2D eigenvalue weighted by molar-refractivity contribution is -0.116. The molecule has 0 saturated heterocycles. The number of benzene rings is 2. The lowest BCUT2D eigenvalue weighted by Gasteiger charge is -2.22. The summed E-state index contributed by atoms with van der Waals surface area (Å²) >= 11 is 0. The molecule has 0 unspecified atom stereocenters. The molecule has 2 aromatic carbocycles. The van der Waals surface area contributed by atoms with Crippen molar-refractivity contribution < 1.29 is 17.6 Å². The summed E-state index contributed by atoms with van der Waals surface area (Å²) in [5.41, 5.74) is 2.77. The van der Waals surface area contributed by atoms with Crippen LogP contribution in [0.25, 0.3) is 0 Å². The summed E-state index contributed by atoms with van der Waals surface area (Å²) in [7, 11) is -3.75. The summed E-state index contributed by atoms with van der Waals surface area (Å²) in [6.07, 6.45) is 0. The van der Waals surface area contributed by atoms with Crippen molar-refractivity contribution in [2.75, 3.05) is 18.0 Å². The molecular formula is C18H21FN2O3S. The van der Waals surface area contributed by atoms with Gasteiger partial charge in [-0.05, 0) is 61.4 Å². The first-order valence-electron chi connectivity index (χ1n) is 7.81. The van der Waals surface area contributed by atoms with E-state index in [-0.39, 0.29) is 23.9 Å². The number of anilines is 1. The van der Waals surface area contributed by atoms with Crippen molar-refractivity contribution in [2.45, 2.75) is 25.7 Å². The number of sulfonamides is 1. The van der Waals surface area contributed by atoms with E-state index in [1.54, 1.807) is 0 Å². The number of hydrogen-bond donors (Lipinski definition) is 1. The molecule has 0 fully saturated rings. The van der Waals surface area contributed by atoms with Gasteiger partial charge in [0, 0.05) is 25.7 Å². The van der Waals surface area contributed by atoms with Gasteiger partial charge in [0.2, 0.25) is 15.9 Å². The third-order valence-corrected chi connectivity index (χ3v) is 5.13. The number of hydrogen-bond acceptors (Lipinski definition) is 3. The van der Waals surface area contributed by atoms with Crippen molar-refractivity contribution in [2.24, 2.45) is 0 Å². The second-order valence-corrected chi connectivity index (χ2v) is 7.64. The molecule has 5 nitrogen and oxygen atoms in total. The van der Waals surface area contributed by atoms with Gasteiger partial charge in [-0.2, -0.15) is 0 Å². The Balaban J connectivity index is 2.09. The molecule has 1 amide bonds. The molecule has 0 heterocycles. The largest absolute Gasteiger partial charge is 0.311 e. The lowest BCUT2D eigenvalue weighted by Crippen LogP contribution is -2.37. The first-order valence-corrected chi connectivity index (χ1v) is 9.29. The van der Waals surface area contributed by atoms with Gasteiger partial charge in [0.25, 0.3) is 0 Å². The van der Waals surface area contributed by atoms with Crippen LogP contribution in [0.2, 0.25) is 0 Å². The molecule has 0 aromatic heterocycles. The highest BCUT2D eigenvalue weighted by Gasteiger charge is 2.16. The van der Waals surface area contributed by atoms with Crippen molar-refractivity contribution in [1.82, 2.24) is 4.72 Å². The molecule has 0 aliphatic rings. The van der Waals surface area contributed by atoms with Gasteiger partial charge in [-0.15, -0.1) is 0 Å². The van der Waals surface area contributed by atoms with Crippen LogP contribution in [0.5, 0.6) is 0 Å². The number of carbonyl (C=O) groups is 1. The molecule has 0 atom stereocenters. The Morgan fingerprint density at radius 2 is 1.64 bits per heavy atom. The Bertz CT molecular complexity index is 844. The summed E-state index contributed by atoms with van der Waals surface area (Å²) in [5.74, 6) is -0.678. The van der Waals surface area contributed by atoms with Crippen LogP contribution in [0.4, 0.5) is 10.1 Å². The maximum absolute atomic E-state index is 12.9. The van der Waals surface area contributed by atoms with Crippen molar-refractivity contribution in [3.8, 4) is 0 Å². The van der Waals surface area contributed by atoms with Crippen LogP contribution in [-0.2, 0) is 14.8 Å². The molecule has 25 heavy (non-hydrogen) atoms. The zero-order chi connectivity index (χ0) is 18.6. The minimum Gasteiger partial charge on any atom is -0.311 e. The Morgan fingerprint density at radius 1 is 1.08 bits per heavy atom. The average molecular weight is 364 g/mol. The topological polar surface area (TPSA) is 66.5 Å². The second-order valence-electron chi connectivity index (χ2n) is 5.87. The molecular weight excluding hydrogens is 343 g/mol. The summed E-state index contributed by atoms with van der Waals surface area (Å²) in [6.45, 7) is 5.55. The summed E-state index contributed by atoms with van der Waals surface area (Å²) in [6, 6.07) is 10.3.